The van der Waals surface area contributed by atoms with Crippen molar-refractivity contribution in [1.29, 1.82) is 0 Å². The van der Waals surface area contributed by atoms with Gasteiger partial charge in [0, 0.05) is 20.1 Å². The van der Waals surface area contributed by atoms with Gasteiger partial charge in [-0.3, -0.25) is 0 Å². The average Bonchev–Trinajstić information content (AvgIpc) is 2.68. The van der Waals surface area contributed by atoms with Crippen LogP contribution in [0.4, 0.5) is 17.6 Å². The second-order valence-electron chi connectivity index (χ2n) is 6.53. The molecule has 0 fully saturated rings. The third-order valence-corrected chi connectivity index (χ3v) is 5.65. The fourth-order valence-corrected chi connectivity index (χ4v) is 3.46. The molecule has 3 rings (SSSR count). The van der Waals surface area contributed by atoms with E-state index in [1.54, 1.807) is 31.2 Å². The fraction of sp³-hybridized carbons (Fsp3) is 0.250. The Labute approximate surface area is 168 Å². The summed E-state index contributed by atoms with van der Waals surface area (Å²) < 4.78 is 24.3. The molecule has 0 atom stereocenters. The number of hydrogen-bond acceptors (Lipinski definition) is 7. The first-order chi connectivity index (χ1) is 13.4. The maximum atomic E-state index is 12.1. The number of benzene rings is 2. The van der Waals surface area contributed by atoms with Crippen LogP contribution in [0.25, 0.3) is 11.4 Å². The molecule has 0 aliphatic rings. The number of aromatic nitrogens is 3. The molecular formula is C20H27N5O2S. The van der Waals surface area contributed by atoms with Crippen LogP contribution in [0.15, 0.2) is 59.5 Å². The highest BCUT2D eigenvalue weighted by molar-refractivity contribution is 7.91. The van der Waals surface area contributed by atoms with Gasteiger partial charge in [0.2, 0.25) is 11.9 Å². The Balaban J connectivity index is 0.00000225. The van der Waals surface area contributed by atoms with Crippen molar-refractivity contribution < 1.29 is 11.3 Å². The Morgan fingerprint density at radius 3 is 2.36 bits per heavy atom. The molecule has 0 unspecified atom stereocenters. The van der Waals surface area contributed by atoms with Gasteiger partial charge in [0.15, 0.2) is 15.7 Å². The summed E-state index contributed by atoms with van der Waals surface area (Å²) in [7, 11) is -3.29. The van der Waals surface area contributed by atoms with E-state index >= 15 is 0 Å². The smallest absolute Gasteiger partial charge is 0.232 e. The molecule has 0 spiro atoms. The average molecular weight is 402 g/mol. The van der Waals surface area contributed by atoms with Crippen molar-refractivity contribution >= 4 is 27.4 Å². The standard InChI is InChI=1S/C20H23N5O2S.2H2/c1-4-28(26,27)17-12-8-11-16(13-17)22-20-24-18(15-9-6-5-7-10-15)23-19(25-20)21-14(2)3;;/h5-14H,4H2,1-3H3,(H2,21,22,23,24,25);2*1H. The monoisotopic (exact) mass is 401 g/mol. The topological polar surface area (TPSA) is 96.9 Å². The lowest BCUT2D eigenvalue weighted by Gasteiger charge is -2.12. The molecule has 0 saturated heterocycles. The van der Waals surface area contributed by atoms with Gasteiger partial charge in [-0.05, 0) is 32.0 Å². The Morgan fingerprint density at radius 1 is 0.964 bits per heavy atom. The highest BCUT2D eigenvalue weighted by Gasteiger charge is 2.13. The summed E-state index contributed by atoms with van der Waals surface area (Å²) in [5.74, 6) is 1.35. The molecule has 28 heavy (non-hydrogen) atoms. The molecule has 0 aliphatic carbocycles. The molecule has 0 bridgehead atoms. The van der Waals surface area contributed by atoms with Gasteiger partial charge in [-0.15, -0.1) is 0 Å². The number of nitrogens with zero attached hydrogens (tertiary/aromatic N) is 3. The lowest BCUT2D eigenvalue weighted by atomic mass is 10.2. The molecule has 2 aromatic carbocycles. The zero-order valence-corrected chi connectivity index (χ0v) is 16.9. The molecule has 0 aliphatic heterocycles. The van der Waals surface area contributed by atoms with Crippen LogP contribution in [-0.2, 0) is 9.84 Å². The van der Waals surface area contributed by atoms with Gasteiger partial charge in [-0.1, -0.05) is 43.3 Å². The summed E-state index contributed by atoms with van der Waals surface area (Å²) in [6.07, 6.45) is 0. The molecule has 150 valence electrons. The van der Waals surface area contributed by atoms with Crippen LogP contribution in [0.3, 0.4) is 0 Å². The quantitative estimate of drug-likeness (QED) is 0.606. The Morgan fingerprint density at radius 2 is 1.68 bits per heavy atom. The maximum Gasteiger partial charge on any atom is 0.232 e. The zero-order valence-electron chi connectivity index (χ0n) is 16.0. The van der Waals surface area contributed by atoms with E-state index in [0.29, 0.717) is 23.4 Å². The van der Waals surface area contributed by atoms with Crippen LogP contribution in [0, 0.1) is 0 Å². The minimum atomic E-state index is -3.29. The van der Waals surface area contributed by atoms with Crippen molar-refractivity contribution in [2.75, 3.05) is 16.4 Å². The molecule has 2 N–H and O–H groups in total. The van der Waals surface area contributed by atoms with Gasteiger partial charge in [0.05, 0.1) is 10.6 Å². The summed E-state index contributed by atoms with van der Waals surface area (Å²) in [6, 6.07) is 16.4. The van der Waals surface area contributed by atoms with E-state index in [-0.39, 0.29) is 19.5 Å². The number of rotatable bonds is 7. The minimum Gasteiger partial charge on any atom is -0.352 e. The van der Waals surface area contributed by atoms with Gasteiger partial charge in [0.25, 0.3) is 0 Å². The summed E-state index contributed by atoms with van der Waals surface area (Å²) >= 11 is 0. The van der Waals surface area contributed by atoms with Crippen LogP contribution >= 0.6 is 0 Å². The Hall–Kier alpha value is -3.00. The fourth-order valence-electron chi connectivity index (χ4n) is 2.53. The lowest BCUT2D eigenvalue weighted by molar-refractivity contribution is 0.597. The van der Waals surface area contributed by atoms with Crippen molar-refractivity contribution in [3.63, 3.8) is 0 Å². The Bertz CT molecular complexity index is 1060. The maximum absolute atomic E-state index is 12.1. The second-order valence-corrected chi connectivity index (χ2v) is 8.81. The predicted molar refractivity (Wildman–Crippen MR) is 116 cm³/mol. The molecule has 0 saturated carbocycles. The Kier molecular flexibility index (Phi) is 5.89. The predicted octanol–water partition coefficient (Wildman–Crippen LogP) is 4.39. The van der Waals surface area contributed by atoms with E-state index in [2.05, 4.69) is 25.6 Å². The van der Waals surface area contributed by atoms with E-state index in [1.165, 1.54) is 0 Å². The van der Waals surface area contributed by atoms with Crippen molar-refractivity contribution in [3.05, 3.63) is 54.6 Å². The van der Waals surface area contributed by atoms with Crippen LogP contribution in [0.5, 0.6) is 0 Å². The van der Waals surface area contributed by atoms with Crippen LogP contribution in [-0.4, -0.2) is 35.2 Å². The van der Waals surface area contributed by atoms with E-state index in [9.17, 15) is 8.42 Å². The first-order valence-electron chi connectivity index (χ1n) is 9.05. The highest BCUT2D eigenvalue weighted by Crippen LogP contribution is 2.22. The normalized spacial score (nSPS) is 11.4. The molecular weight excluding hydrogens is 374 g/mol. The van der Waals surface area contributed by atoms with E-state index < -0.39 is 9.84 Å². The molecule has 1 aromatic heterocycles. The lowest BCUT2D eigenvalue weighted by Crippen LogP contribution is -2.14. The highest BCUT2D eigenvalue weighted by atomic mass is 32.2. The van der Waals surface area contributed by atoms with Gasteiger partial charge in [-0.25, -0.2) is 8.42 Å². The minimum absolute atomic E-state index is 0. The van der Waals surface area contributed by atoms with Gasteiger partial charge >= 0.3 is 0 Å². The zero-order chi connectivity index (χ0) is 20.1. The third kappa shape index (κ3) is 4.83. The first kappa shape index (κ1) is 19.8. The molecule has 1 heterocycles. The molecule has 7 nitrogen and oxygen atoms in total. The van der Waals surface area contributed by atoms with Crippen molar-refractivity contribution in [3.8, 4) is 11.4 Å². The van der Waals surface area contributed by atoms with Crippen LogP contribution in [0.2, 0.25) is 0 Å². The molecule has 0 amide bonds. The van der Waals surface area contributed by atoms with Gasteiger partial charge in [-0.2, -0.15) is 15.0 Å². The van der Waals surface area contributed by atoms with Crippen LogP contribution < -0.4 is 10.6 Å². The van der Waals surface area contributed by atoms with E-state index in [1.807, 2.05) is 44.2 Å². The van der Waals surface area contributed by atoms with Crippen molar-refractivity contribution in [1.82, 2.24) is 15.0 Å². The number of anilines is 3. The summed E-state index contributed by atoms with van der Waals surface area (Å²) in [6.45, 7) is 5.62. The van der Waals surface area contributed by atoms with Gasteiger partial charge < -0.3 is 10.6 Å². The second kappa shape index (κ2) is 8.35. The van der Waals surface area contributed by atoms with Crippen LogP contribution in [0.1, 0.15) is 23.6 Å². The van der Waals surface area contributed by atoms with Gasteiger partial charge in [0.1, 0.15) is 0 Å². The van der Waals surface area contributed by atoms with E-state index in [0.717, 1.165) is 5.56 Å². The largest absolute Gasteiger partial charge is 0.352 e. The third-order valence-electron chi connectivity index (χ3n) is 3.91. The summed E-state index contributed by atoms with van der Waals surface area (Å²) in [4.78, 5) is 13.7. The summed E-state index contributed by atoms with van der Waals surface area (Å²) in [5.41, 5.74) is 1.46. The number of sulfone groups is 1. The van der Waals surface area contributed by atoms with E-state index in [4.69, 9.17) is 0 Å². The molecule has 8 heteroatoms. The number of hydrogen-bond donors (Lipinski definition) is 2. The number of nitrogens with one attached hydrogen (secondary N) is 2. The van der Waals surface area contributed by atoms with Crippen molar-refractivity contribution in [2.45, 2.75) is 31.7 Å². The SMILES string of the molecule is CCS(=O)(=O)c1cccc(Nc2nc(NC(C)C)nc(-c3ccccc3)n2)c1.[HH].[HH]. The molecule has 0 radical (unpaired) electrons. The van der Waals surface area contributed by atoms with Crippen molar-refractivity contribution in [2.24, 2.45) is 0 Å². The molecule has 3 aromatic rings. The first-order valence-corrected chi connectivity index (χ1v) is 10.7. The summed E-state index contributed by atoms with van der Waals surface area (Å²) in [5, 5.41) is 6.29.